The third-order valence-corrected chi connectivity index (χ3v) is 3.92. The highest BCUT2D eigenvalue weighted by molar-refractivity contribution is 5.93. The van der Waals surface area contributed by atoms with Gasteiger partial charge >= 0.3 is 5.97 Å². The molecule has 0 aliphatic carbocycles. The van der Waals surface area contributed by atoms with E-state index < -0.39 is 5.97 Å². The van der Waals surface area contributed by atoms with E-state index in [2.05, 4.69) is 11.9 Å². The van der Waals surface area contributed by atoms with Crippen molar-refractivity contribution in [2.45, 2.75) is 39.2 Å². The zero-order chi connectivity index (χ0) is 14.1. The Morgan fingerprint density at radius 3 is 2.70 bits per heavy atom. The number of carbonyl (C=O) groups is 1. The van der Waals surface area contributed by atoms with Gasteiger partial charge in [-0.3, -0.25) is 0 Å². The largest absolute Gasteiger partial charge is 0.477 e. The van der Waals surface area contributed by atoms with Crippen molar-refractivity contribution < 1.29 is 9.90 Å². The maximum Gasteiger partial charge on any atom is 0.354 e. The molecule has 2 aromatic rings. The predicted molar refractivity (Wildman–Crippen MR) is 76.9 cm³/mol. The van der Waals surface area contributed by atoms with Gasteiger partial charge in [0.1, 0.15) is 11.5 Å². The van der Waals surface area contributed by atoms with E-state index in [-0.39, 0.29) is 0 Å². The summed E-state index contributed by atoms with van der Waals surface area (Å²) in [4.78, 5) is 16.2. The van der Waals surface area contributed by atoms with Gasteiger partial charge in [0, 0.05) is 18.5 Å². The Kier molecular flexibility index (Phi) is 3.30. The van der Waals surface area contributed by atoms with Crippen LogP contribution in [-0.2, 0) is 19.4 Å². The van der Waals surface area contributed by atoms with Crippen molar-refractivity contribution in [3.8, 4) is 11.3 Å². The third-order valence-electron chi connectivity index (χ3n) is 3.92. The molecule has 2 heterocycles. The van der Waals surface area contributed by atoms with Crippen molar-refractivity contribution >= 4 is 5.97 Å². The molecule has 0 saturated heterocycles. The van der Waals surface area contributed by atoms with E-state index >= 15 is 0 Å². The Hall–Kier alpha value is -2.10. The summed E-state index contributed by atoms with van der Waals surface area (Å²) in [6.45, 7) is 2.87. The normalized spacial score (nSPS) is 14.1. The molecule has 0 saturated carbocycles. The van der Waals surface area contributed by atoms with E-state index in [4.69, 9.17) is 0 Å². The molecule has 0 spiro atoms. The van der Waals surface area contributed by atoms with Crippen LogP contribution < -0.4 is 0 Å². The Bertz CT molecular complexity index is 641. The van der Waals surface area contributed by atoms with Crippen molar-refractivity contribution in [3.05, 3.63) is 41.3 Å². The summed E-state index contributed by atoms with van der Waals surface area (Å²) >= 11 is 0. The van der Waals surface area contributed by atoms with Crippen LogP contribution in [0.2, 0.25) is 0 Å². The zero-order valence-corrected chi connectivity index (χ0v) is 11.6. The van der Waals surface area contributed by atoms with Gasteiger partial charge in [-0.15, -0.1) is 0 Å². The first-order valence-corrected chi connectivity index (χ1v) is 7.12. The van der Waals surface area contributed by atoms with E-state index in [1.54, 1.807) is 0 Å². The molecule has 0 atom stereocenters. The Morgan fingerprint density at radius 1 is 1.30 bits per heavy atom. The van der Waals surface area contributed by atoms with Crippen LogP contribution >= 0.6 is 0 Å². The molecule has 0 bridgehead atoms. The minimum absolute atomic E-state index is 0.337. The maximum absolute atomic E-state index is 11.6. The van der Waals surface area contributed by atoms with E-state index in [0.29, 0.717) is 11.4 Å². The van der Waals surface area contributed by atoms with E-state index in [9.17, 15) is 9.90 Å². The quantitative estimate of drug-likeness (QED) is 0.932. The van der Waals surface area contributed by atoms with Gasteiger partial charge in [0.15, 0.2) is 5.69 Å². The number of carboxylic acid groups (broad SMARTS) is 1. The van der Waals surface area contributed by atoms with E-state index in [1.165, 1.54) is 5.56 Å². The van der Waals surface area contributed by atoms with Crippen LogP contribution in [0.1, 0.15) is 41.6 Å². The number of aromatic carboxylic acids is 1. The average Bonchev–Trinajstić information content (AvgIpc) is 2.86. The van der Waals surface area contributed by atoms with Crippen molar-refractivity contribution in [3.63, 3.8) is 0 Å². The lowest BCUT2D eigenvalue weighted by atomic mass is 10.1. The first kappa shape index (κ1) is 12.9. The van der Waals surface area contributed by atoms with Gasteiger partial charge in [0.05, 0.1) is 0 Å². The number of imidazole rings is 1. The van der Waals surface area contributed by atoms with Crippen LogP contribution in [-0.4, -0.2) is 20.6 Å². The van der Waals surface area contributed by atoms with Crippen molar-refractivity contribution in [2.24, 2.45) is 0 Å². The van der Waals surface area contributed by atoms with Gasteiger partial charge in [0.2, 0.25) is 0 Å². The van der Waals surface area contributed by atoms with Crippen molar-refractivity contribution in [2.75, 3.05) is 0 Å². The monoisotopic (exact) mass is 270 g/mol. The van der Waals surface area contributed by atoms with Gasteiger partial charge in [-0.2, -0.15) is 0 Å². The van der Waals surface area contributed by atoms with Gasteiger partial charge in [-0.1, -0.05) is 31.2 Å². The molecule has 1 aliphatic heterocycles. The van der Waals surface area contributed by atoms with E-state index in [1.807, 2.05) is 28.8 Å². The van der Waals surface area contributed by atoms with Gasteiger partial charge in [0.25, 0.3) is 0 Å². The molecule has 3 rings (SSSR count). The molecule has 0 fully saturated rings. The lowest BCUT2D eigenvalue weighted by molar-refractivity contribution is 0.0684. The Balaban J connectivity index is 2.12. The Morgan fingerprint density at radius 2 is 2.05 bits per heavy atom. The number of hydrogen-bond acceptors (Lipinski definition) is 2. The summed E-state index contributed by atoms with van der Waals surface area (Å²) in [5, 5.41) is 9.51. The minimum atomic E-state index is -0.889. The lowest BCUT2D eigenvalue weighted by Crippen LogP contribution is -2.16. The number of rotatable bonds is 3. The van der Waals surface area contributed by atoms with Crippen LogP contribution in [0.3, 0.4) is 0 Å². The number of hydrogen-bond donors (Lipinski definition) is 1. The summed E-state index contributed by atoms with van der Waals surface area (Å²) in [7, 11) is 0. The fourth-order valence-corrected chi connectivity index (χ4v) is 2.80. The second-order valence-corrected chi connectivity index (χ2v) is 5.19. The van der Waals surface area contributed by atoms with Gasteiger partial charge in [-0.25, -0.2) is 9.78 Å². The number of aryl methyl sites for hydroxylation is 2. The summed E-state index contributed by atoms with van der Waals surface area (Å²) in [5.41, 5.74) is 3.08. The van der Waals surface area contributed by atoms with E-state index in [0.717, 1.165) is 43.6 Å². The molecule has 1 aromatic carbocycles. The van der Waals surface area contributed by atoms with Crippen LogP contribution in [0.5, 0.6) is 0 Å². The number of fused-ring (bicyclic) bond motifs is 1. The second-order valence-electron chi connectivity index (χ2n) is 5.19. The van der Waals surface area contributed by atoms with Crippen molar-refractivity contribution in [1.29, 1.82) is 0 Å². The zero-order valence-electron chi connectivity index (χ0n) is 11.6. The number of aromatic nitrogens is 2. The molecule has 4 nitrogen and oxygen atoms in total. The minimum Gasteiger partial charge on any atom is -0.477 e. The summed E-state index contributed by atoms with van der Waals surface area (Å²) < 4.78 is 1.87. The third kappa shape index (κ3) is 2.11. The number of benzene rings is 1. The van der Waals surface area contributed by atoms with Crippen LogP contribution in [0.4, 0.5) is 0 Å². The van der Waals surface area contributed by atoms with Crippen LogP contribution in [0.15, 0.2) is 24.3 Å². The molecule has 1 aliphatic rings. The molecule has 0 unspecified atom stereocenters. The highest BCUT2D eigenvalue weighted by Crippen LogP contribution is 2.28. The summed E-state index contributed by atoms with van der Waals surface area (Å²) in [5.74, 6) is 0.0171. The molecule has 4 heteroatoms. The molecule has 0 radical (unpaired) electrons. The lowest BCUT2D eigenvalue weighted by Gasteiger charge is -2.14. The fourth-order valence-electron chi connectivity index (χ4n) is 2.80. The molecule has 1 aromatic heterocycles. The standard InChI is InChI=1S/C16H18N2O2/c1-2-11-6-8-12(9-7-11)14-15(16(19)20)18-10-4-3-5-13(18)17-14/h6-9H,2-5,10H2,1H3,(H,19,20). The highest BCUT2D eigenvalue weighted by Gasteiger charge is 2.24. The highest BCUT2D eigenvalue weighted by atomic mass is 16.4. The molecule has 104 valence electrons. The first-order chi connectivity index (χ1) is 9.70. The predicted octanol–water partition coefficient (Wildman–Crippen LogP) is 3.15. The SMILES string of the molecule is CCc1ccc(-c2nc3n(c2C(=O)O)CCCC3)cc1. The smallest absolute Gasteiger partial charge is 0.354 e. The van der Waals surface area contributed by atoms with Gasteiger partial charge in [-0.05, 0) is 24.8 Å². The topological polar surface area (TPSA) is 55.1 Å². The molecule has 20 heavy (non-hydrogen) atoms. The molecular formula is C16H18N2O2. The first-order valence-electron chi connectivity index (χ1n) is 7.12. The van der Waals surface area contributed by atoms with Crippen LogP contribution in [0, 0.1) is 0 Å². The summed E-state index contributed by atoms with van der Waals surface area (Å²) in [6, 6.07) is 8.03. The Labute approximate surface area is 118 Å². The molecule has 1 N–H and O–H groups in total. The maximum atomic E-state index is 11.6. The number of carboxylic acids is 1. The van der Waals surface area contributed by atoms with Gasteiger partial charge < -0.3 is 9.67 Å². The number of nitrogens with zero attached hydrogens (tertiary/aromatic N) is 2. The second kappa shape index (κ2) is 5.12. The molecular weight excluding hydrogens is 252 g/mol. The molecule has 0 amide bonds. The fraction of sp³-hybridized carbons (Fsp3) is 0.375. The summed E-state index contributed by atoms with van der Waals surface area (Å²) in [6.07, 6.45) is 3.96. The van der Waals surface area contributed by atoms with Crippen LogP contribution in [0.25, 0.3) is 11.3 Å². The van der Waals surface area contributed by atoms with Crippen molar-refractivity contribution in [1.82, 2.24) is 9.55 Å². The average molecular weight is 270 g/mol.